The number of aliphatic imine (C=N–C) groups is 1. The molecule has 1 aromatic carbocycles. The molecule has 0 saturated heterocycles. The van der Waals surface area contributed by atoms with Gasteiger partial charge in [0.2, 0.25) is 5.88 Å². The molecule has 0 amide bonds. The highest BCUT2D eigenvalue weighted by molar-refractivity contribution is 5.91. The lowest BCUT2D eigenvalue weighted by Gasteiger charge is -2.27. The Bertz CT molecular complexity index is 1050. The van der Waals surface area contributed by atoms with E-state index in [1.807, 2.05) is 48.5 Å². The molecule has 32 heavy (non-hydrogen) atoms. The Hall–Kier alpha value is -3.14. The number of ether oxygens (including phenoxy) is 2. The smallest absolute Gasteiger partial charge is 0.219 e. The molecule has 0 saturated carbocycles. The van der Waals surface area contributed by atoms with Crippen molar-refractivity contribution in [2.24, 2.45) is 17.8 Å². The fourth-order valence-corrected chi connectivity index (χ4v) is 3.16. The highest BCUT2D eigenvalue weighted by atomic mass is 35.5. The van der Waals surface area contributed by atoms with Crippen molar-refractivity contribution in [2.75, 3.05) is 31.6 Å². The zero-order chi connectivity index (χ0) is 21.8. The molecule has 9 nitrogen and oxygen atoms in total. The molecule has 10 heteroatoms. The number of fused-ring (bicyclic) bond motifs is 1. The summed E-state index contributed by atoms with van der Waals surface area (Å²) in [6, 6.07) is 11.3. The number of benzene rings is 1. The summed E-state index contributed by atoms with van der Waals surface area (Å²) in [4.78, 5) is 12.8. The second-order valence-corrected chi connectivity index (χ2v) is 7.33. The van der Waals surface area contributed by atoms with Crippen molar-refractivity contribution in [1.82, 2.24) is 19.7 Å². The fraction of sp³-hybridized carbons (Fsp3) is 0.318. The van der Waals surface area contributed by atoms with Gasteiger partial charge in [0, 0.05) is 37.5 Å². The number of hydrogen-bond donors (Lipinski definition) is 1. The fourth-order valence-electron chi connectivity index (χ4n) is 3.16. The molecule has 0 bridgehead atoms. The maximum absolute atomic E-state index is 6.21. The monoisotopic (exact) mass is 457 g/mol. The standard InChI is InChI=1S/C22H27N7O2.ClH/c1-4-27(2)11-12-30-17-6-8-21(24-14-17)31-16-5-7-19-18(13-16)22(23)25-15-29(19)20-9-10-28(3)26-20;/h5-10,13-15,22H,4,11-12,23H2,1-3H3;1H. The zero-order valence-electron chi connectivity index (χ0n) is 18.4. The minimum absolute atomic E-state index is 0. The summed E-state index contributed by atoms with van der Waals surface area (Å²) in [5, 5.41) is 4.45. The lowest BCUT2D eigenvalue weighted by Crippen LogP contribution is -2.25. The Morgan fingerprint density at radius 1 is 1.16 bits per heavy atom. The number of hydrogen-bond acceptors (Lipinski definition) is 8. The van der Waals surface area contributed by atoms with Gasteiger partial charge in [-0.1, -0.05) is 6.92 Å². The molecule has 1 aliphatic heterocycles. The van der Waals surface area contributed by atoms with Gasteiger partial charge in [0.15, 0.2) is 5.82 Å². The van der Waals surface area contributed by atoms with Crippen LogP contribution < -0.4 is 20.1 Å². The Kier molecular flexibility index (Phi) is 7.68. The van der Waals surface area contributed by atoms with Gasteiger partial charge in [-0.15, -0.1) is 12.4 Å². The van der Waals surface area contributed by atoms with E-state index in [0.29, 0.717) is 24.0 Å². The van der Waals surface area contributed by atoms with E-state index in [1.54, 1.807) is 23.3 Å². The number of nitrogens with two attached hydrogens (primary N) is 1. The second kappa shape index (κ2) is 10.4. The average molecular weight is 458 g/mol. The summed E-state index contributed by atoms with van der Waals surface area (Å²) >= 11 is 0. The van der Waals surface area contributed by atoms with Gasteiger partial charge < -0.3 is 20.1 Å². The lowest BCUT2D eigenvalue weighted by atomic mass is 10.1. The van der Waals surface area contributed by atoms with Crippen LogP contribution in [0.15, 0.2) is 53.8 Å². The van der Waals surface area contributed by atoms with Crippen LogP contribution in [0.2, 0.25) is 0 Å². The van der Waals surface area contributed by atoms with Crippen LogP contribution in [0, 0.1) is 0 Å². The molecule has 1 unspecified atom stereocenters. The van der Waals surface area contributed by atoms with Crippen molar-refractivity contribution in [2.45, 2.75) is 13.1 Å². The minimum atomic E-state index is -0.469. The first kappa shape index (κ1) is 23.5. The van der Waals surface area contributed by atoms with Crippen molar-refractivity contribution in [3.8, 4) is 17.4 Å². The van der Waals surface area contributed by atoms with E-state index >= 15 is 0 Å². The number of halogens is 1. The molecule has 0 radical (unpaired) electrons. The third-order valence-corrected chi connectivity index (χ3v) is 5.08. The summed E-state index contributed by atoms with van der Waals surface area (Å²) in [6.45, 7) is 4.58. The van der Waals surface area contributed by atoms with E-state index in [0.717, 1.165) is 30.2 Å². The van der Waals surface area contributed by atoms with Gasteiger partial charge in [-0.2, -0.15) is 5.10 Å². The summed E-state index contributed by atoms with van der Waals surface area (Å²) < 4.78 is 13.4. The molecule has 4 rings (SSSR count). The van der Waals surface area contributed by atoms with Gasteiger partial charge in [-0.3, -0.25) is 14.6 Å². The number of rotatable bonds is 8. The van der Waals surface area contributed by atoms with Gasteiger partial charge in [0.25, 0.3) is 0 Å². The Labute approximate surface area is 193 Å². The number of aromatic nitrogens is 3. The summed E-state index contributed by atoms with van der Waals surface area (Å²) in [5.74, 6) is 2.60. The normalized spacial score (nSPS) is 14.8. The molecule has 1 atom stereocenters. The van der Waals surface area contributed by atoms with E-state index < -0.39 is 6.17 Å². The predicted octanol–water partition coefficient (Wildman–Crippen LogP) is 3.50. The molecule has 2 aromatic heterocycles. The predicted molar refractivity (Wildman–Crippen MR) is 127 cm³/mol. The largest absolute Gasteiger partial charge is 0.491 e. The van der Waals surface area contributed by atoms with Crippen LogP contribution in [0.1, 0.15) is 18.7 Å². The van der Waals surface area contributed by atoms with E-state index in [2.05, 4.69) is 33.9 Å². The van der Waals surface area contributed by atoms with E-state index in [1.165, 1.54) is 0 Å². The average Bonchev–Trinajstić information content (AvgIpc) is 3.21. The summed E-state index contributed by atoms with van der Waals surface area (Å²) in [6.07, 6.45) is 4.78. The lowest BCUT2D eigenvalue weighted by molar-refractivity contribution is 0.243. The van der Waals surface area contributed by atoms with Gasteiger partial charge >= 0.3 is 0 Å². The van der Waals surface area contributed by atoms with E-state index in [-0.39, 0.29) is 12.4 Å². The van der Waals surface area contributed by atoms with Crippen LogP contribution in [-0.4, -0.2) is 52.7 Å². The maximum atomic E-state index is 6.21. The highest BCUT2D eigenvalue weighted by Gasteiger charge is 2.22. The van der Waals surface area contributed by atoms with Crippen LogP contribution >= 0.6 is 12.4 Å². The van der Waals surface area contributed by atoms with Crippen LogP contribution in [0.3, 0.4) is 0 Å². The number of pyridine rings is 1. The molecule has 0 spiro atoms. The minimum Gasteiger partial charge on any atom is -0.491 e. The molecule has 2 N–H and O–H groups in total. The number of nitrogens with zero attached hydrogens (tertiary/aromatic N) is 6. The SMILES string of the molecule is CCN(C)CCOc1ccc(Oc2ccc3c(c2)C(N)N=CN3c2ccn(C)n2)nc1.Cl. The van der Waals surface area contributed by atoms with E-state index in [9.17, 15) is 0 Å². The second-order valence-electron chi connectivity index (χ2n) is 7.33. The van der Waals surface area contributed by atoms with Crippen molar-refractivity contribution in [3.63, 3.8) is 0 Å². The zero-order valence-corrected chi connectivity index (χ0v) is 19.2. The maximum Gasteiger partial charge on any atom is 0.219 e. The molecule has 3 aromatic rings. The third-order valence-electron chi connectivity index (χ3n) is 5.08. The number of anilines is 2. The summed E-state index contributed by atoms with van der Waals surface area (Å²) in [7, 11) is 3.94. The Balaban J connectivity index is 0.00000289. The van der Waals surface area contributed by atoms with Gasteiger partial charge in [0.05, 0.1) is 18.2 Å². The number of aryl methyl sites for hydroxylation is 1. The Morgan fingerprint density at radius 2 is 1.97 bits per heavy atom. The van der Waals surface area contributed by atoms with Gasteiger partial charge in [0.1, 0.15) is 24.3 Å². The first-order valence-corrected chi connectivity index (χ1v) is 10.2. The molecular formula is C22H28ClN7O2. The van der Waals surface area contributed by atoms with Crippen molar-refractivity contribution < 1.29 is 9.47 Å². The molecule has 1 aliphatic rings. The van der Waals surface area contributed by atoms with Gasteiger partial charge in [-0.25, -0.2) is 4.98 Å². The molecule has 170 valence electrons. The van der Waals surface area contributed by atoms with Crippen LogP contribution in [-0.2, 0) is 7.05 Å². The van der Waals surface area contributed by atoms with Crippen molar-refractivity contribution in [1.29, 1.82) is 0 Å². The molecule has 0 fully saturated rings. The molecular weight excluding hydrogens is 430 g/mol. The van der Waals surface area contributed by atoms with Crippen molar-refractivity contribution >= 4 is 30.3 Å². The topological polar surface area (TPSA) is 94.0 Å². The van der Waals surface area contributed by atoms with Crippen LogP contribution in [0.5, 0.6) is 17.4 Å². The highest BCUT2D eigenvalue weighted by Crippen LogP contribution is 2.36. The molecule has 0 aliphatic carbocycles. The van der Waals surface area contributed by atoms with Crippen molar-refractivity contribution in [3.05, 3.63) is 54.4 Å². The van der Waals surface area contributed by atoms with Crippen LogP contribution in [0.25, 0.3) is 0 Å². The third kappa shape index (κ3) is 5.37. The first-order valence-electron chi connectivity index (χ1n) is 10.2. The molecule has 3 heterocycles. The van der Waals surface area contributed by atoms with Crippen LogP contribution in [0.4, 0.5) is 11.5 Å². The Morgan fingerprint density at radius 3 is 2.66 bits per heavy atom. The van der Waals surface area contributed by atoms with E-state index in [4.69, 9.17) is 15.2 Å². The first-order chi connectivity index (χ1) is 15.0. The number of likely N-dealkylation sites (N-methyl/N-ethyl adjacent to an activating group) is 1. The quantitative estimate of drug-likeness (QED) is 0.553. The van der Waals surface area contributed by atoms with Gasteiger partial charge in [-0.05, 0) is 37.9 Å². The summed E-state index contributed by atoms with van der Waals surface area (Å²) in [5.41, 5.74) is 7.98.